The molecule has 1 heterocycles. The van der Waals surface area contributed by atoms with Crippen LogP contribution in [-0.2, 0) is 13.1 Å². The Labute approximate surface area is 106 Å². The average Bonchev–Trinajstić information content (AvgIpc) is 2.34. The van der Waals surface area contributed by atoms with Crippen LogP contribution in [0.2, 0.25) is 0 Å². The van der Waals surface area contributed by atoms with Crippen molar-refractivity contribution in [2.45, 2.75) is 26.9 Å². The maximum Gasteiger partial charge on any atom is 0.125 e. The number of aryl methyl sites for hydroxylation is 2. The van der Waals surface area contributed by atoms with Crippen LogP contribution in [0.25, 0.3) is 0 Å². The maximum absolute atomic E-state index is 13.1. The zero-order valence-electron chi connectivity index (χ0n) is 10.6. The second-order valence-corrected chi connectivity index (χ2v) is 4.27. The fraction of sp³-hybridized carbons (Fsp3) is 0.286. The van der Waals surface area contributed by atoms with Crippen molar-refractivity contribution in [1.29, 1.82) is 0 Å². The molecule has 2 rings (SSSR count). The van der Waals surface area contributed by atoms with Crippen LogP contribution in [0.15, 0.2) is 30.5 Å². The summed E-state index contributed by atoms with van der Waals surface area (Å²) < 4.78 is 13.1. The Hall–Kier alpha value is -1.81. The van der Waals surface area contributed by atoms with Gasteiger partial charge in [0.05, 0.1) is 5.69 Å². The fourth-order valence-electron chi connectivity index (χ4n) is 1.76. The van der Waals surface area contributed by atoms with Crippen molar-refractivity contribution in [3.8, 4) is 0 Å². The molecule has 0 bridgehead atoms. The van der Waals surface area contributed by atoms with E-state index in [1.165, 1.54) is 6.07 Å². The van der Waals surface area contributed by atoms with Crippen LogP contribution in [0.3, 0.4) is 0 Å². The van der Waals surface area contributed by atoms with Gasteiger partial charge in [-0.05, 0) is 43.2 Å². The van der Waals surface area contributed by atoms with E-state index in [1.807, 2.05) is 19.9 Å². The highest BCUT2D eigenvalue weighted by molar-refractivity contribution is 5.26. The van der Waals surface area contributed by atoms with Crippen LogP contribution >= 0.6 is 0 Å². The third kappa shape index (κ3) is 3.34. The quantitative estimate of drug-likeness (QED) is 0.899. The van der Waals surface area contributed by atoms with Crippen molar-refractivity contribution < 1.29 is 4.39 Å². The standard InChI is InChI=1S/C14H16FN3/c1-10-3-4-13(15)7-12(10)8-16-9-14-5-6-17-11(2)18-14/h3-7,16H,8-9H2,1-2H3. The number of aromatic nitrogens is 2. The molecule has 1 N–H and O–H groups in total. The Bertz CT molecular complexity index is 540. The van der Waals surface area contributed by atoms with Crippen molar-refractivity contribution in [2.75, 3.05) is 0 Å². The summed E-state index contributed by atoms with van der Waals surface area (Å²) in [5.74, 6) is 0.562. The average molecular weight is 245 g/mol. The Kier molecular flexibility index (Phi) is 3.99. The highest BCUT2D eigenvalue weighted by Crippen LogP contribution is 2.10. The minimum atomic E-state index is -0.199. The molecule has 0 saturated heterocycles. The number of halogens is 1. The van der Waals surface area contributed by atoms with E-state index in [-0.39, 0.29) is 5.82 Å². The van der Waals surface area contributed by atoms with E-state index in [0.29, 0.717) is 13.1 Å². The topological polar surface area (TPSA) is 37.8 Å². The Morgan fingerprint density at radius 2 is 2.00 bits per heavy atom. The molecule has 94 valence electrons. The Morgan fingerprint density at radius 1 is 1.17 bits per heavy atom. The lowest BCUT2D eigenvalue weighted by Gasteiger charge is -2.08. The minimum absolute atomic E-state index is 0.199. The van der Waals surface area contributed by atoms with Crippen molar-refractivity contribution >= 4 is 0 Å². The SMILES string of the molecule is Cc1nccc(CNCc2cc(F)ccc2C)n1. The number of benzene rings is 1. The second kappa shape index (κ2) is 5.69. The van der Waals surface area contributed by atoms with Gasteiger partial charge in [0.25, 0.3) is 0 Å². The first-order valence-electron chi connectivity index (χ1n) is 5.89. The summed E-state index contributed by atoms with van der Waals surface area (Å²) in [5, 5.41) is 3.26. The van der Waals surface area contributed by atoms with Crippen LogP contribution in [0.4, 0.5) is 4.39 Å². The highest BCUT2D eigenvalue weighted by Gasteiger charge is 2.01. The molecule has 1 aromatic heterocycles. The zero-order chi connectivity index (χ0) is 13.0. The number of hydrogen-bond donors (Lipinski definition) is 1. The number of rotatable bonds is 4. The van der Waals surface area contributed by atoms with Crippen molar-refractivity contribution in [3.63, 3.8) is 0 Å². The van der Waals surface area contributed by atoms with E-state index < -0.39 is 0 Å². The van der Waals surface area contributed by atoms with Gasteiger partial charge in [-0.25, -0.2) is 14.4 Å². The van der Waals surface area contributed by atoms with Gasteiger partial charge in [0.2, 0.25) is 0 Å². The minimum Gasteiger partial charge on any atom is -0.307 e. The van der Waals surface area contributed by atoms with E-state index in [4.69, 9.17) is 0 Å². The van der Waals surface area contributed by atoms with Gasteiger partial charge in [-0.1, -0.05) is 6.07 Å². The molecule has 0 atom stereocenters. The van der Waals surface area contributed by atoms with Gasteiger partial charge in [-0.15, -0.1) is 0 Å². The predicted molar refractivity (Wildman–Crippen MR) is 68.4 cm³/mol. The summed E-state index contributed by atoms with van der Waals surface area (Å²) in [6.07, 6.45) is 1.74. The lowest BCUT2D eigenvalue weighted by molar-refractivity contribution is 0.617. The molecule has 0 aliphatic heterocycles. The normalized spacial score (nSPS) is 10.6. The monoisotopic (exact) mass is 245 g/mol. The molecule has 2 aromatic rings. The van der Waals surface area contributed by atoms with Gasteiger partial charge in [0.15, 0.2) is 0 Å². The summed E-state index contributed by atoms with van der Waals surface area (Å²) in [4.78, 5) is 8.34. The van der Waals surface area contributed by atoms with Gasteiger partial charge in [-0.2, -0.15) is 0 Å². The summed E-state index contributed by atoms with van der Waals surface area (Å²) in [6.45, 7) is 5.12. The third-order valence-electron chi connectivity index (χ3n) is 2.77. The number of nitrogens with zero attached hydrogens (tertiary/aromatic N) is 2. The van der Waals surface area contributed by atoms with Crippen molar-refractivity contribution in [1.82, 2.24) is 15.3 Å². The molecule has 0 aliphatic carbocycles. The van der Waals surface area contributed by atoms with E-state index in [9.17, 15) is 4.39 Å². The molecule has 3 nitrogen and oxygen atoms in total. The maximum atomic E-state index is 13.1. The first-order chi connectivity index (χ1) is 8.65. The smallest absolute Gasteiger partial charge is 0.125 e. The summed E-state index contributed by atoms with van der Waals surface area (Å²) in [7, 11) is 0. The molecule has 0 fully saturated rings. The Balaban J connectivity index is 1.94. The largest absolute Gasteiger partial charge is 0.307 e. The fourth-order valence-corrected chi connectivity index (χ4v) is 1.76. The molecule has 0 radical (unpaired) electrons. The molecule has 18 heavy (non-hydrogen) atoms. The second-order valence-electron chi connectivity index (χ2n) is 4.27. The third-order valence-corrected chi connectivity index (χ3v) is 2.77. The van der Waals surface area contributed by atoms with E-state index in [0.717, 1.165) is 22.6 Å². The van der Waals surface area contributed by atoms with Gasteiger partial charge in [0.1, 0.15) is 11.6 Å². The molecular formula is C14H16FN3. The van der Waals surface area contributed by atoms with E-state index in [1.54, 1.807) is 18.3 Å². The molecule has 0 aliphatic rings. The zero-order valence-corrected chi connectivity index (χ0v) is 10.6. The summed E-state index contributed by atoms with van der Waals surface area (Å²) in [5.41, 5.74) is 3.00. The molecule has 0 amide bonds. The first-order valence-corrected chi connectivity index (χ1v) is 5.89. The van der Waals surface area contributed by atoms with Gasteiger partial charge in [0, 0.05) is 19.3 Å². The number of nitrogens with one attached hydrogen (secondary N) is 1. The Morgan fingerprint density at radius 3 is 2.78 bits per heavy atom. The van der Waals surface area contributed by atoms with Crippen LogP contribution in [0, 0.1) is 19.7 Å². The molecule has 1 aromatic carbocycles. The predicted octanol–water partition coefficient (Wildman–Crippen LogP) is 2.52. The van der Waals surface area contributed by atoms with Gasteiger partial charge < -0.3 is 5.32 Å². The lowest BCUT2D eigenvalue weighted by Crippen LogP contribution is -2.15. The van der Waals surface area contributed by atoms with Crippen molar-refractivity contribution in [2.24, 2.45) is 0 Å². The van der Waals surface area contributed by atoms with Crippen LogP contribution in [0.1, 0.15) is 22.6 Å². The molecule has 4 heteroatoms. The van der Waals surface area contributed by atoms with Gasteiger partial charge >= 0.3 is 0 Å². The molecule has 0 saturated carbocycles. The van der Waals surface area contributed by atoms with Crippen molar-refractivity contribution in [3.05, 3.63) is 58.9 Å². The van der Waals surface area contributed by atoms with Crippen LogP contribution in [-0.4, -0.2) is 9.97 Å². The molecule has 0 unspecified atom stereocenters. The lowest BCUT2D eigenvalue weighted by atomic mass is 10.1. The summed E-state index contributed by atoms with van der Waals surface area (Å²) in [6, 6.07) is 6.71. The number of hydrogen-bond acceptors (Lipinski definition) is 3. The van der Waals surface area contributed by atoms with E-state index in [2.05, 4.69) is 15.3 Å². The van der Waals surface area contributed by atoms with E-state index >= 15 is 0 Å². The first kappa shape index (κ1) is 12.6. The highest BCUT2D eigenvalue weighted by atomic mass is 19.1. The molecular weight excluding hydrogens is 229 g/mol. The van der Waals surface area contributed by atoms with Crippen LogP contribution < -0.4 is 5.32 Å². The summed E-state index contributed by atoms with van der Waals surface area (Å²) >= 11 is 0. The molecule has 0 spiro atoms. The van der Waals surface area contributed by atoms with Crippen LogP contribution in [0.5, 0.6) is 0 Å². The van der Waals surface area contributed by atoms with Gasteiger partial charge in [-0.3, -0.25) is 0 Å².